The van der Waals surface area contributed by atoms with Gasteiger partial charge in [-0.2, -0.15) is 0 Å². The maximum atomic E-state index is 4.68. The average molecular weight is 272 g/mol. The van der Waals surface area contributed by atoms with Gasteiger partial charge in [-0.15, -0.1) is 10.2 Å². The standard InChI is InChI=1S/C17H12N4/c1-2-6-13(7-3-1)10-11-15-17-20-18-12-21(17)16-9-5-4-8-14(16)19-15/h1-12H/b11-10+. The van der Waals surface area contributed by atoms with E-state index in [4.69, 9.17) is 0 Å². The normalized spacial score (nSPS) is 11.6. The molecule has 2 heterocycles. The molecule has 0 aliphatic carbocycles. The van der Waals surface area contributed by atoms with E-state index in [-0.39, 0.29) is 0 Å². The third-order valence-electron chi connectivity index (χ3n) is 3.39. The summed E-state index contributed by atoms with van der Waals surface area (Å²) >= 11 is 0. The van der Waals surface area contributed by atoms with Gasteiger partial charge in [0.1, 0.15) is 12.0 Å². The Hall–Kier alpha value is -3.01. The molecule has 0 atom stereocenters. The Morgan fingerprint density at radius 3 is 2.57 bits per heavy atom. The van der Waals surface area contributed by atoms with Crippen LogP contribution >= 0.6 is 0 Å². The van der Waals surface area contributed by atoms with Crippen LogP contribution in [-0.4, -0.2) is 19.6 Å². The van der Waals surface area contributed by atoms with E-state index in [2.05, 4.69) is 27.3 Å². The molecule has 0 saturated carbocycles. The first kappa shape index (κ1) is 11.8. The molecule has 0 aliphatic heterocycles. The van der Waals surface area contributed by atoms with Crippen LogP contribution in [-0.2, 0) is 0 Å². The van der Waals surface area contributed by atoms with Crippen molar-refractivity contribution in [1.29, 1.82) is 0 Å². The third kappa shape index (κ3) is 2.07. The van der Waals surface area contributed by atoms with Crippen molar-refractivity contribution in [1.82, 2.24) is 19.6 Å². The van der Waals surface area contributed by atoms with E-state index in [1.165, 1.54) is 0 Å². The monoisotopic (exact) mass is 272 g/mol. The van der Waals surface area contributed by atoms with Crippen molar-refractivity contribution >= 4 is 28.8 Å². The summed E-state index contributed by atoms with van der Waals surface area (Å²) in [5.41, 5.74) is 4.65. The topological polar surface area (TPSA) is 43.1 Å². The van der Waals surface area contributed by atoms with Gasteiger partial charge in [0.25, 0.3) is 0 Å². The molecule has 4 nitrogen and oxygen atoms in total. The molecule has 2 aromatic heterocycles. The van der Waals surface area contributed by atoms with Gasteiger partial charge in [0.2, 0.25) is 0 Å². The Morgan fingerprint density at radius 2 is 1.67 bits per heavy atom. The molecule has 0 N–H and O–H groups in total. The zero-order valence-corrected chi connectivity index (χ0v) is 11.2. The van der Waals surface area contributed by atoms with Crippen LogP contribution in [0.3, 0.4) is 0 Å². The van der Waals surface area contributed by atoms with Crippen molar-refractivity contribution < 1.29 is 0 Å². The first-order valence-corrected chi connectivity index (χ1v) is 6.73. The van der Waals surface area contributed by atoms with Gasteiger partial charge in [0.15, 0.2) is 5.65 Å². The zero-order chi connectivity index (χ0) is 14.1. The molecule has 0 fully saturated rings. The van der Waals surface area contributed by atoms with Crippen molar-refractivity contribution in [3.63, 3.8) is 0 Å². The summed E-state index contributed by atoms with van der Waals surface area (Å²) in [4.78, 5) is 4.68. The second-order valence-electron chi connectivity index (χ2n) is 4.75. The van der Waals surface area contributed by atoms with Gasteiger partial charge in [0, 0.05) is 0 Å². The summed E-state index contributed by atoms with van der Waals surface area (Å²) in [7, 11) is 0. The van der Waals surface area contributed by atoms with Crippen LogP contribution in [0.4, 0.5) is 0 Å². The van der Waals surface area contributed by atoms with E-state index < -0.39 is 0 Å². The minimum atomic E-state index is 0.765. The second kappa shape index (κ2) is 4.83. The van der Waals surface area contributed by atoms with Crippen molar-refractivity contribution in [3.05, 3.63) is 72.2 Å². The first-order chi connectivity index (χ1) is 10.4. The van der Waals surface area contributed by atoms with Crippen molar-refractivity contribution in [2.24, 2.45) is 0 Å². The van der Waals surface area contributed by atoms with Gasteiger partial charge >= 0.3 is 0 Å². The van der Waals surface area contributed by atoms with Crippen LogP contribution in [0.2, 0.25) is 0 Å². The highest BCUT2D eigenvalue weighted by molar-refractivity contribution is 5.83. The molecule has 0 unspecified atom stereocenters. The van der Waals surface area contributed by atoms with Crippen LogP contribution in [0.1, 0.15) is 11.3 Å². The summed E-state index contributed by atoms with van der Waals surface area (Å²) in [5, 5.41) is 8.19. The molecule has 100 valence electrons. The Kier molecular flexibility index (Phi) is 2.71. The highest BCUT2D eigenvalue weighted by atomic mass is 15.2. The number of fused-ring (bicyclic) bond motifs is 3. The number of hydrogen-bond acceptors (Lipinski definition) is 3. The Bertz CT molecular complexity index is 939. The van der Waals surface area contributed by atoms with Crippen LogP contribution in [0.25, 0.3) is 28.8 Å². The lowest BCUT2D eigenvalue weighted by Crippen LogP contribution is -1.94. The quantitative estimate of drug-likeness (QED) is 0.561. The molecule has 0 aliphatic rings. The maximum absolute atomic E-state index is 4.68. The number of aromatic nitrogens is 4. The van der Waals surface area contributed by atoms with Gasteiger partial charge in [0.05, 0.1) is 11.0 Å². The van der Waals surface area contributed by atoms with E-state index in [1.54, 1.807) is 6.33 Å². The molecule has 0 spiro atoms. The van der Waals surface area contributed by atoms with E-state index in [9.17, 15) is 0 Å². The molecular weight excluding hydrogens is 260 g/mol. The second-order valence-corrected chi connectivity index (χ2v) is 4.75. The highest BCUT2D eigenvalue weighted by Gasteiger charge is 2.07. The molecular formula is C17H12N4. The van der Waals surface area contributed by atoms with Crippen molar-refractivity contribution in [2.45, 2.75) is 0 Å². The summed E-state index contributed by atoms with van der Waals surface area (Å²) in [6, 6.07) is 18.1. The fourth-order valence-corrected chi connectivity index (χ4v) is 2.38. The molecule has 0 amide bonds. The third-order valence-corrected chi connectivity index (χ3v) is 3.39. The molecule has 4 heteroatoms. The van der Waals surface area contributed by atoms with E-state index in [0.717, 1.165) is 27.9 Å². The molecule has 0 radical (unpaired) electrons. The number of para-hydroxylation sites is 2. The van der Waals surface area contributed by atoms with Gasteiger partial charge in [-0.1, -0.05) is 48.5 Å². The number of rotatable bonds is 2. The minimum Gasteiger partial charge on any atom is -0.278 e. The van der Waals surface area contributed by atoms with E-state index in [0.29, 0.717) is 0 Å². The van der Waals surface area contributed by atoms with Gasteiger partial charge in [-0.05, 0) is 23.8 Å². The lowest BCUT2D eigenvalue weighted by atomic mass is 10.2. The number of hydrogen-bond donors (Lipinski definition) is 0. The summed E-state index contributed by atoms with van der Waals surface area (Å²) in [6.45, 7) is 0. The van der Waals surface area contributed by atoms with E-state index >= 15 is 0 Å². The lowest BCUT2D eigenvalue weighted by molar-refractivity contribution is 1.11. The average Bonchev–Trinajstić information content (AvgIpc) is 3.04. The minimum absolute atomic E-state index is 0.765. The lowest BCUT2D eigenvalue weighted by Gasteiger charge is -2.03. The van der Waals surface area contributed by atoms with E-state index in [1.807, 2.05) is 59.0 Å². The Morgan fingerprint density at radius 1 is 0.857 bits per heavy atom. The molecule has 2 aromatic carbocycles. The Labute approximate surface area is 121 Å². The van der Waals surface area contributed by atoms with Gasteiger partial charge in [-0.3, -0.25) is 4.40 Å². The number of benzene rings is 2. The first-order valence-electron chi connectivity index (χ1n) is 6.73. The predicted molar refractivity (Wildman–Crippen MR) is 83.7 cm³/mol. The highest BCUT2D eigenvalue weighted by Crippen LogP contribution is 2.18. The zero-order valence-electron chi connectivity index (χ0n) is 11.2. The largest absolute Gasteiger partial charge is 0.278 e. The summed E-state index contributed by atoms with van der Waals surface area (Å²) in [6.07, 6.45) is 5.73. The number of nitrogens with zero attached hydrogens (tertiary/aromatic N) is 4. The van der Waals surface area contributed by atoms with Crippen LogP contribution in [0, 0.1) is 0 Å². The van der Waals surface area contributed by atoms with Crippen LogP contribution in [0.15, 0.2) is 60.9 Å². The van der Waals surface area contributed by atoms with Crippen LogP contribution in [0.5, 0.6) is 0 Å². The summed E-state index contributed by atoms with van der Waals surface area (Å²) in [5.74, 6) is 0. The van der Waals surface area contributed by atoms with Crippen molar-refractivity contribution in [3.8, 4) is 0 Å². The van der Waals surface area contributed by atoms with Crippen molar-refractivity contribution in [2.75, 3.05) is 0 Å². The van der Waals surface area contributed by atoms with Gasteiger partial charge in [-0.25, -0.2) is 4.98 Å². The maximum Gasteiger partial charge on any atom is 0.187 e. The predicted octanol–water partition coefficient (Wildman–Crippen LogP) is 3.45. The smallest absolute Gasteiger partial charge is 0.187 e. The van der Waals surface area contributed by atoms with Gasteiger partial charge < -0.3 is 0 Å². The fraction of sp³-hybridized carbons (Fsp3) is 0. The molecule has 0 saturated heterocycles. The molecule has 0 bridgehead atoms. The van der Waals surface area contributed by atoms with Crippen LogP contribution < -0.4 is 0 Å². The Balaban J connectivity index is 1.91. The SMILES string of the molecule is C(=C\c1nc2ccccc2n2cnnc12)/c1ccccc1. The molecule has 4 aromatic rings. The molecule has 21 heavy (non-hydrogen) atoms. The summed E-state index contributed by atoms with van der Waals surface area (Å²) < 4.78 is 1.97. The fourth-order valence-electron chi connectivity index (χ4n) is 2.38. The molecule has 4 rings (SSSR count).